The number of rotatable bonds is 5. The summed E-state index contributed by atoms with van der Waals surface area (Å²) in [5.74, 6) is -0.460. The normalized spacial score (nSPS) is 13.8. The fourth-order valence-electron chi connectivity index (χ4n) is 2.13. The van der Waals surface area contributed by atoms with Crippen LogP contribution in [-0.2, 0) is 6.42 Å². The van der Waals surface area contributed by atoms with Gasteiger partial charge in [-0.3, -0.25) is 0 Å². The van der Waals surface area contributed by atoms with Crippen LogP contribution in [0.1, 0.15) is 23.7 Å². The quantitative estimate of drug-likeness (QED) is 0.541. The lowest BCUT2D eigenvalue weighted by Crippen LogP contribution is -2.19. The van der Waals surface area contributed by atoms with Crippen LogP contribution in [-0.4, -0.2) is 31.6 Å². The van der Waals surface area contributed by atoms with Gasteiger partial charge in [-0.05, 0) is 48.2 Å². The number of hydrogen-bond acceptors (Lipinski definition) is 5. The third kappa shape index (κ3) is 3.87. The summed E-state index contributed by atoms with van der Waals surface area (Å²) in [5, 5.41) is 48.0. The molecule has 0 spiro atoms. The molecule has 2 atom stereocenters. The van der Waals surface area contributed by atoms with E-state index in [4.69, 9.17) is 0 Å². The predicted molar refractivity (Wildman–Crippen MR) is 77.2 cm³/mol. The van der Waals surface area contributed by atoms with Crippen molar-refractivity contribution >= 4 is 0 Å². The van der Waals surface area contributed by atoms with Gasteiger partial charge in [0.05, 0.1) is 6.10 Å². The van der Waals surface area contributed by atoms with Crippen molar-refractivity contribution in [2.24, 2.45) is 0 Å². The molecule has 2 aromatic rings. The number of aromatic hydroxyl groups is 3. The van der Waals surface area contributed by atoms with Gasteiger partial charge in [-0.1, -0.05) is 18.2 Å². The van der Waals surface area contributed by atoms with E-state index < -0.39 is 12.2 Å². The molecule has 0 saturated heterocycles. The van der Waals surface area contributed by atoms with Crippen LogP contribution in [0.15, 0.2) is 42.5 Å². The number of hydrogen-bond donors (Lipinski definition) is 5. The zero-order valence-corrected chi connectivity index (χ0v) is 11.3. The number of aliphatic hydroxyl groups is 2. The van der Waals surface area contributed by atoms with E-state index in [0.29, 0.717) is 18.4 Å². The maximum atomic E-state index is 10.0. The molecule has 5 N–H and O–H groups in total. The molecular formula is C16H18O5. The topological polar surface area (TPSA) is 101 Å². The minimum atomic E-state index is -1.16. The van der Waals surface area contributed by atoms with Gasteiger partial charge >= 0.3 is 0 Å². The number of phenolic OH excluding ortho intramolecular Hbond substituents is 3. The van der Waals surface area contributed by atoms with Gasteiger partial charge < -0.3 is 25.5 Å². The van der Waals surface area contributed by atoms with Gasteiger partial charge in [0.1, 0.15) is 11.9 Å². The Hall–Kier alpha value is -2.24. The van der Waals surface area contributed by atoms with Gasteiger partial charge in [-0.2, -0.15) is 0 Å². The minimum Gasteiger partial charge on any atom is -0.508 e. The minimum absolute atomic E-state index is 0.158. The molecule has 2 rings (SSSR count). The molecule has 2 aromatic carbocycles. The molecule has 0 aromatic heterocycles. The largest absolute Gasteiger partial charge is 0.508 e. The third-order valence-corrected chi connectivity index (χ3v) is 3.34. The first-order valence-electron chi connectivity index (χ1n) is 6.63. The molecule has 21 heavy (non-hydrogen) atoms. The molecule has 0 aliphatic heterocycles. The Balaban J connectivity index is 1.99. The molecule has 0 aliphatic rings. The second-order valence-electron chi connectivity index (χ2n) is 4.97. The van der Waals surface area contributed by atoms with Crippen molar-refractivity contribution in [3.63, 3.8) is 0 Å². The molecule has 112 valence electrons. The summed E-state index contributed by atoms with van der Waals surface area (Å²) in [5.41, 5.74) is 1.18. The van der Waals surface area contributed by atoms with Gasteiger partial charge in [-0.25, -0.2) is 0 Å². The van der Waals surface area contributed by atoms with Gasteiger partial charge in [0.2, 0.25) is 0 Å². The Kier molecular flexibility index (Phi) is 4.67. The summed E-state index contributed by atoms with van der Waals surface area (Å²) < 4.78 is 0. The molecule has 0 fully saturated rings. The fourth-order valence-corrected chi connectivity index (χ4v) is 2.13. The highest BCUT2D eigenvalue weighted by atomic mass is 16.3. The maximum absolute atomic E-state index is 10.0. The summed E-state index contributed by atoms with van der Waals surface area (Å²) in [4.78, 5) is 0. The lowest BCUT2D eigenvalue weighted by molar-refractivity contribution is 0.0136. The molecule has 0 saturated carbocycles. The van der Waals surface area contributed by atoms with Crippen molar-refractivity contribution in [2.75, 3.05) is 0 Å². The Labute approximate surface area is 122 Å². The van der Waals surface area contributed by atoms with E-state index in [2.05, 4.69) is 0 Å². The fraction of sp³-hybridized carbons (Fsp3) is 0.250. The van der Waals surface area contributed by atoms with E-state index in [1.54, 1.807) is 18.2 Å². The maximum Gasteiger partial charge on any atom is 0.157 e. The first-order valence-corrected chi connectivity index (χ1v) is 6.63. The van der Waals surface area contributed by atoms with Crippen LogP contribution in [0.25, 0.3) is 0 Å². The van der Waals surface area contributed by atoms with Crippen molar-refractivity contribution < 1.29 is 25.5 Å². The standard InChI is InChI=1S/C16H18O5/c17-12-3-1-2-10(8-12)4-6-14(19)16(21)11-5-7-13(18)15(20)9-11/h1-3,5,7-9,14,16-21H,4,6H2. The van der Waals surface area contributed by atoms with Crippen LogP contribution in [0.4, 0.5) is 0 Å². The predicted octanol–water partition coefficient (Wildman–Crippen LogP) is 1.83. The second-order valence-corrected chi connectivity index (χ2v) is 4.97. The van der Waals surface area contributed by atoms with E-state index in [0.717, 1.165) is 5.56 Å². The van der Waals surface area contributed by atoms with E-state index in [1.165, 1.54) is 18.2 Å². The van der Waals surface area contributed by atoms with Crippen LogP contribution < -0.4 is 0 Å². The lowest BCUT2D eigenvalue weighted by Gasteiger charge is -2.18. The first-order chi connectivity index (χ1) is 9.97. The molecule has 5 heteroatoms. The van der Waals surface area contributed by atoms with E-state index in [9.17, 15) is 25.5 Å². The summed E-state index contributed by atoms with van der Waals surface area (Å²) in [6, 6.07) is 10.6. The summed E-state index contributed by atoms with van der Waals surface area (Å²) in [6.07, 6.45) is -1.38. The first kappa shape index (κ1) is 15.2. The van der Waals surface area contributed by atoms with Crippen LogP contribution in [0.3, 0.4) is 0 Å². The monoisotopic (exact) mass is 290 g/mol. The lowest BCUT2D eigenvalue weighted by atomic mass is 9.98. The Morgan fingerprint density at radius 2 is 1.62 bits per heavy atom. The molecule has 0 heterocycles. The molecule has 0 bridgehead atoms. The third-order valence-electron chi connectivity index (χ3n) is 3.34. The van der Waals surface area contributed by atoms with Crippen LogP contribution in [0, 0.1) is 0 Å². The number of benzene rings is 2. The van der Waals surface area contributed by atoms with Crippen molar-refractivity contribution in [3.05, 3.63) is 53.6 Å². The zero-order valence-electron chi connectivity index (χ0n) is 11.3. The summed E-state index contributed by atoms with van der Waals surface area (Å²) >= 11 is 0. The van der Waals surface area contributed by atoms with Gasteiger partial charge in [0.25, 0.3) is 0 Å². The zero-order chi connectivity index (χ0) is 15.4. The number of aryl methyl sites for hydroxylation is 1. The van der Waals surface area contributed by atoms with Crippen LogP contribution in [0.5, 0.6) is 17.2 Å². The van der Waals surface area contributed by atoms with Crippen molar-refractivity contribution in [1.82, 2.24) is 0 Å². The highest BCUT2D eigenvalue weighted by Crippen LogP contribution is 2.29. The highest BCUT2D eigenvalue weighted by Gasteiger charge is 2.19. The van der Waals surface area contributed by atoms with Gasteiger partial charge in [0.15, 0.2) is 11.5 Å². The molecule has 2 unspecified atom stereocenters. The van der Waals surface area contributed by atoms with Crippen LogP contribution in [0.2, 0.25) is 0 Å². The van der Waals surface area contributed by atoms with Crippen molar-refractivity contribution in [2.45, 2.75) is 25.0 Å². The molecule has 0 amide bonds. The van der Waals surface area contributed by atoms with Crippen molar-refractivity contribution in [1.29, 1.82) is 0 Å². The summed E-state index contributed by atoms with van der Waals surface area (Å²) in [6.45, 7) is 0. The average molecular weight is 290 g/mol. The van der Waals surface area contributed by atoms with E-state index in [1.807, 2.05) is 6.07 Å². The number of aliphatic hydroxyl groups excluding tert-OH is 2. The van der Waals surface area contributed by atoms with Crippen LogP contribution >= 0.6 is 0 Å². The molecule has 5 nitrogen and oxygen atoms in total. The second kappa shape index (κ2) is 6.47. The highest BCUT2D eigenvalue weighted by molar-refractivity contribution is 5.41. The van der Waals surface area contributed by atoms with Gasteiger partial charge in [-0.15, -0.1) is 0 Å². The van der Waals surface area contributed by atoms with Gasteiger partial charge in [0, 0.05) is 0 Å². The molecule has 0 radical (unpaired) electrons. The Morgan fingerprint density at radius 3 is 2.29 bits per heavy atom. The SMILES string of the molecule is Oc1cccc(CCC(O)C(O)c2ccc(O)c(O)c2)c1. The van der Waals surface area contributed by atoms with Crippen molar-refractivity contribution in [3.8, 4) is 17.2 Å². The Morgan fingerprint density at radius 1 is 0.857 bits per heavy atom. The Bertz CT molecular complexity index is 611. The van der Waals surface area contributed by atoms with E-state index in [-0.39, 0.29) is 17.2 Å². The molecule has 0 aliphatic carbocycles. The van der Waals surface area contributed by atoms with E-state index >= 15 is 0 Å². The average Bonchev–Trinajstić information content (AvgIpc) is 2.47. The molecular weight excluding hydrogens is 272 g/mol. The number of phenols is 3. The summed E-state index contributed by atoms with van der Waals surface area (Å²) in [7, 11) is 0. The smallest absolute Gasteiger partial charge is 0.157 e.